The standard InChI is InChI=1S/C29H35F2N5O4S/c1-20-21(19-32)16-23(18-25(20)35-12-8-29(30,31)9-13-35)33-27(38)24-3-2-22(34-41(39,40)15-14-37)17-26(24)36-10-6-28(4-5-28)7-11-36/h2-3,16-18,34,37H,4-15H2,1H3,(H,33,38). The molecule has 0 atom stereocenters. The maximum Gasteiger partial charge on any atom is 0.257 e. The highest BCUT2D eigenvalue weighted by Crippen LogP contribution is 2.54. The Morgan fingerprint density at radius 3 is 2.20 bits per heavy atom. The number of piperidine rings is 2. The minimum Gasteiger partial charge on any atom is -0.395 e. The average molecular weight is 588 g/mol. The summed E-state index contributed by atoms with van der Waals surface area (Å²) in [6, 6.07) is 10.1. The quantitative estimate of drug-likeness (QED) is 0.416. The molecule has 1 aliphatic carbocycles. The van der Waals surface area contributed by atoms with Gasteiger partial charge in [-0.2, -0.15) is 5.26 Å². The number of sulfonamides is 1. The second-order valence-corrected chi connectivity index (χ2v) is 13.3. The lowest BCUT2D eigenvalue weighted by Crippen LogP contribution is -2.39. The lowest BCUT2D eigenvalue weighted by atomic mass is 9.93. The molecule has 3 fully saturated rings. The summed E-state index contributed by atoms with van der Waals surface area (Å²) in [6.07, 6.45) is 3.85. The van der Waals surface area contributed by atoms with Gasteiger partial charge in [-0.25, -0.2) is 17.2 Å². The highest BCUT2D eigenvalue weighted by molar-refractivity contribution is 7.92. The van der Waals surface area contributed by atoms with Gasteiger partial charge < -0.3 is 20.2 Å². The van der Waals surface area contributed by atoms with E-state index in [1.807, 2.05) is 4.90 Å². The molecule has 0 aromatic heterocycles. The number of alkyl halides is 2. The van der Waals surface area contributed by atoms with Crippen LogP contribution in [0, 0.1) is 23.7 Å². The molecule has 2 saturated heterocycles. The predicted octanol–water partition coefficient (Wildman–Crippen LogP) is 4.47. The highest BCUT2D eigenvalue weighted by atomic mass is 32.2. The normalized spacial score (nSPS) is 19.5. The molecule has 1 saturated carbocycles. The zero-order chi connectivity index (χ0) is 29.4. The Labute approximate surface area is 239 Å². The number of aliphatic hydroxyl groups excluding tert-OH is 1. The molecule has 2 aromatic carbocycles. The van der Waals surface area contributed by atoms with Crippen LogP contribution in [0.2, 0.25) is 0 Å². The summed E-state index contributed by atoms with van der Waals surface area (Å²) in [5.41, 5.74) is 3.64. The van der Waals surface area contributed by atoms with Gasteiger partial charge in [0.25, 0.3) is 11.8 Å². The maximum absolute atomic E-state index is 13.8. The van der Waals surface area contributed by atoms with Crippen LogP contribution < -0.4 is 19.8 Å². The Morgan fingerprint density at radius 1 is 0.976 bits per heavy atom. The molecule has 0 unspecified atom stereocenters. The van der Waals surface area contributed by atoms with Gasteiger partial charge in [0.15, 0.2) is 0 Å². The molecular formula is C29H35F2N5O4S. The van der Waals surface area contributed by atoms with Crippen molar-refractivity contribution in [3.05, 3.63) is 47.0 Å². The van der Waals surface area contributed by atoms with Gasteiger partial charge in [0, 0.05) is 50.4 Å². The van der Waals surface area contributed by atoms with E-state index >= 15 is 0 Å². The Bertz CT molecular complexity index is 1470. The molecule has 5 rings (SSSR count). The molecule has 2 heterocycles. The van der Waals surface area contributed by atoms with Gasteiger partial charge in [-0.1, -0.05) is 0 Å². The van der Waals surface area contributed by atoms with Crippen molar-refractivity contribution < 1.29 is 27.1 Å². The first-order valence-corrected chi connectivity index (χ1v) is 15.6. The van der Waals surface area contributed by atoms with Crippen molar-refractivity contribution in [2.75, 3.05) is 58.4 Å². The lowest BCUT2D eigenvalue weighted by molar-refractivity contribution is -0.0220. The Hall–Kier alpha value is -3.43. The van der Waals surface area contributed by atoms with Crippen LogP contribution in [-0.2, 0) is 10.0 Å². The number of carbonyl (C=O) groups excluding carboxylic acids is 1. The Balaban J connectivity index is 1.43. The monoisotopic (exact) mass is 587 g/mol. The molecule has 41 heavy (non-hydrogen) atoms. The molecule has 9 nitrogen and oxygen atoms in total. The van der Waals surface area contributed by atoms with Crippen LogP contribution >= 0.6 is 0 Å². The zero-order valence-corrected chi connectivity index (χ0v) is 23.9. The number of rotatable bonds is 8. The van der Waals surface area contributed by atoms with Gasteiger partial charge in [-0.15, -0.1) is 0 Å². The zero-order valence-electron chi connectivity index (χ0n) is 23.0. The molecule has 12 heteroatoms. The van der Waals surface area contributed by atoms with Crippen molar-refractivity contribution in [2.24, 2.45) is 5.41 Å². The summed E-state index contributed by atoms with van der Waals surface area (Å²) >= 11 is 0. The maximum atomic E-state index is 13.8. The van der Waals surface area contributed by atoms with E-state index in [4.69, 9.17) is 5.11 Å². The van der Waals surface area contributed by atoms with Gasteiger partial charge in [0.1, 0.15) is 0 Å². The molecular weight excluding hydrogens is 552 g/mol. The number of nitrogens with one attached hydrogen (secondary N) is 2. The fourth-order valence-electron chi connectivity index (χ4n) is 5.79. The van der Waals surface area contributed by atoms with E-state index in [1.54, 1.807) is 31.2 Å². The third-order valence-electron chi connectivity index (χ3n) is 8.59. The van der Waals surface area contributed by atoms with Crippen LogP contribution in [0.1, 0.15) is 60.0 Å². The number of nitrogens with zero attached hydrogens (tertiary/aromatic N) is 3. The number of hydrogen-bond donors (Lipinski definition) is 3. The Morgan fingerprint density at radius 2 is 1.59 bits per heavy atom. The van der Waals surface area contributed by atoms with Crippen molar-refractivity contribution in [3.63, 3.8) is 0 Å². The summed E-state index contributed by atoms with van der Waals surface area (Å²) in [4.78, 5) is 17.6. The largest absolute Gasteiger partial charge is 0.395 e. The highest BCUT2D eigenvalue weighted by Gasteiger charge is 2.44. The van der Waals surface area contributed by atoms with Crippen molar-refractivity contribution in [1.29, 1.82) is 5.26 Å². The number of anilines is 4. The van der Waals surface area contributed by atoms with Crippen LogP contribution in [0.4, 0.5) is 31.5 Å². The average Bonchev–Trinajstić information content (AvgIpc) is 3.68. The van der Waals surface area contributed by atoms with Crippen LogP contribution in [0.5, 0.6) is 0 Å². The fourth-order valence-corrected chi connectivity index (χ4v) is 6.62. The summed E-state index contributed by atoms with van der Waals surface area (Å²) in [7, 11) is -3.76. The van der Waals surface area contributed by atoms with E-state index in [-0.39, 0.29) is 25.9 Å². The summed E-state index contributed by atoms with van der Waals surface area (Å²) in [6.45, 7) is 3.01. The molecule has 3 N–H and O–H groups in total. The number of halogens is 2. The number of amides is 1. The summed E-state index contributed by atoms with van der Waals surface area (Å²) < 4.78 is 54.6. The third-order valence-corrected chi connectivity index (χ3v) is 9.86. The molecule has 1 amide bonds. The number of carbonyl (C=O) groups is 1. The summed E-state index contributed by atoms with van der Waals surface area (Å²) in [5.74, 6) is -3.58. The first-order chi connectivity index (χ1) is 19.4. The third kappa shape index (κ3) is 6.57. The van der Waals surface area contributed by atoms with Gasteiger partial charge >= 0.3 is 0 Å². The lowest BCUT2D eigenvalue weighted by Gasteiger charge is -2.35. The molecule has 3 aliphatic rings. The number of nitriles is 1. The molecule has 1 spiro atoms. The van der Waals surface area contributed by atoms with Gasteiger partial charge in [0.05, 0.1) is 40.9 Å². The second-order valence-electron chi connectivity index (χ2n) is 11.4. The van der Waals surface area contributed by atoms with Crippen molar-refractivity contribution >= 4 is 38.7 Å². The van der Waals surface area contributed by atoms with E-state index in [0.29, 0.717) is 44.9 Å². The van der Waals surface area contributed by atoms with Crippen LogP contribution in [0.3, 0.4) is 0 Å². The van der Waals surface area contributed by atoms with Gasteiger partial charge in [-0.3, -0.25) is 9.52 Å². The van der Waals surface area contributed by atoms with Crippen LogP contribution in [-0.4, -0.2) is 63.9 Å². The predicted molar refractivity (Wildman–Crippen MR) is 154 cm³/mol. The number of hydrogen-bond acceptors (Lipinski definition) is 7. The molecule has 220 valence electrons. The fraction of sp³-hybridized carbons (Fsp3) is 0.517. The molecule has 0 radical (unpaired) electrons. The molecule has 2 aromatic rings. The topological polar surface area (TPSA) is 126 Å². The first kappa shape index (κ1) is 29.1. The van der Waals surface area contributed by atoms with Gasteiger partial charge in [-0.05, 0) is 73.9 Å². The Kier molecular flexibility index (Phi) is 7.87. The van der Waals surface area contributed by atoms with Crippen molar-refractivity contribution in [2.45, 2.75) is 51.4 Å². The van der Waals surface area contributed by atoms with Crippen LogP contribution in [0.25, 0.3) is 0 Å². The minimum atomic E-state index is -3.76. The minimum absolute atomic E-state index is 0.143. The van der Waals surface area contributed by atoms with E-state index in [9.17, 15) is 27.3 Å². The summed E-state index contributed by atoms with van der Waals surface area (Å²) in [5, 5.41) is 21.7. The van der Waals surface area contributed by atoms with Crippen LogP contribution in [0.15, 0.2) is 30.3 Å². The van der Waals surface area contributed by atoms with Gasteiger partial charge in [0.2, 0.25) is 10.0 Å². The van der Waals surface area contributed by atoms with E-state index in [2.05, 4.69) is 21.0 Å². The van der Waals surface area contributed by atoms with Crippen molar-refractivity contribution in [1.82, 2.24) is 0 Å². The SMILES string of the molecule is Cc1c(C#N)cc(NC(=O)c2ccc(NS(=O)(=O)CCO)cc2N2CCC3(CC2)CC3)cc1N1CCC(F)(F)CC1. The van der Waals surface area contributed by atoms with E-state index in [0.717, 1.165) is 25.9 Å². The van der Waals surface area contributed by atoms with E-state index < -0.39 is 34.2 Å². The molecule has 0 bridgehead atoms. The first-order valence-electron chi connectivity index (χ1n) is 13.9. The number of aliphatic hydroxyl groups is 1. The van der Waals surface area contributed by atoms with Crippen molar-refractivity contribution in [3.8, 4) is 6.07 Å². The second kappa shape index (κ2) is 11.1. The van der Waals surface area contributed by atoms with E-state index in [1.165, 1.54) is 18.9 Å². The molecule has 2 aliphatic heterocycles. The number of benzene rings is 2. The smallest absolute Gasteiger partial charge is 0.257 e.